The molecule has 4 nitrogen and oxygen atoms in total. The Bertz CT molecular complexity index is 1070. The summed E-state index contributed by atoms with van der Waals surface area (Å²) in [5.74, 6) is 0.707. The molecule has 0 bridgehead atoms. The number of thiocarbonyl (C=S) groups is 4. The second-order valence-electron chi connectivity index (χ2n) is 23.4. The van der Waals surface area contributed by atoms with Crippen molar-refractivity contribution in [3.8, 4) is 0 Å². The van der Waals surface area contributed by atoms with Gasteiger partial charge in [0.2, 0.25) is 0 Å². The van der Waals surface area contributed by atoms with Gasteiger partial charge in [-0.1, -0.05) is 312 Å². The molecule has 0 aromatic heterocycles. The molecule has 432 valence electrons. The van der Waals surface area contributed by atoms with Crippen LogP contribution in [-0.2, 0) is 18.9 Å². The summed E-state index contributed by atoms with van der Waals surface area (Å²) in [5, 5.41) is 2.63. The van der Waals surface area contributed by atoms with Gasteiger partial charge in [-0.25, -0.2) is 0 Å². The van der Waals surface area contributed by atoms with Crippen molar-refractivity contribution < 1.29 is 18.9 Å². The summed E-state index contributed by atoms with van der Waals surface area (Å²) in [5.41, 5.74) is -0.719. The number of hydrogen-bond acceptors (Lipinski definition) is 8. The van der Waals surface area contributed by atoms with Crippen molar-refractivity contribution in [3.05, 3.63) is 0 Å². The summed E-state index contributed by atoms with van der Waals surface area (Å²) >= 11 is 24.2. The van der Waals surface area contributed by atoms with E-state index in [2.05, 4.69) is 55.4 Å². The second-order valence-corrected chi connectivity index (χ2v) is 25.0. The molecule has 0 aliphatic rings. The lowest BCUT2D eigenvalue weighted by atomic mass is 9.91. The summed E-state index contributed by atoms with van der Waals surface area (Å²) in [6, 6.07) is 0. The first-order chi connectivity index (χ1) is 35.5. The molecular formula is C65H124O4S4. The maximum atomic E-state index is 6.67. The van der Waals surface area contributed by atoms with Crippen LogP contribution in [0.5, 0.6) is 0 Å². The number of rotatable bonds is 56. The van der Waals surface area contributed by atoms with Gasteiger partial charge in [0.15, 0.2) is 20.2 Å². The van der Waals surface area contributed by atoms with Crippen LogP contribution >= 0.6 is 48.9 Å². The van der Waals surface area contributed by atoms with E-state index in [0.29, 0.717) is 46.6 Å². The minimum atomic E-state index is -0.719. The van der Waals surface area contributed by atoms with Crippen molar-refractivity contribution in [1.82, 2.24) is 0 Å². The van der Waals surface area contributed by atoms with Gasteiger partial charge in [-0.15, -0.1) is 0 Å². The van der Waals surface area contributed by atoms with Crippen LogP contribution in [0.4, 0.5) is 0 Å². The van der Waals surface area contributed by atoms with Gasteiger partial charge in [-0.05, 0) is 74.6 Å². The Morgan fingerprint density at radius 2 is 0.384 bits per heavy atom. The van der Waals surface area contributed by atoms with Crippen molar-refractivity contribution >= 4 is 69.1 Å². The van der Waals surface area contributed by atoms with E-state index in [1.54, 1.807) is 0 Å². The highest BCUT2D eigenvalue weighted by molar-refractivity contribution is 7.80. The van der Waals surface area contributed by atoms with Gasteiger partial charge in [0.25, 0.3) is 0 Å². The molecule has 0 radical (unpaired) electrons. The Morgan fingerprint density at radius 3 is 0.534 bits per heavy atom. The maximum Gasteiger partial charge on any atom is 0.162 e. The van der Waals surface area contributed by atoms with Crippen molar-refractivity contribution in [2.24, 2.45) is 29.1 Å². The number of unbranched alkanes of at least 4 members (excludes halogenated alkanes) is 36. The van der Waals surface area contributed by atoms with E-state index in [1.807, 2.05) is 0 Å². The molecule has 4 atom stereocenters. The van der Waals surface area contributed by atoms with E-state index in [4.69, 9.17) is 67.8 Å². The molecule has 0 amide bonds. The first-order valence-electron chi connectivity index (χ1n) is 32.1. The largest absolute Gasteiger partial charge is 0.486 e. The molecule has 73 heavy (non-hydrogen) atoms. The van der Waals surface area contributed by atoms with E-state index in [9.17, 15) is 0 Å². The Balaban J connectivity index is 5.88. The van der Waals surface area contributed by atoms with Crippen molar-refractivity contribution in [3.63, 3.8) is 0 Å². The molecule has 4 unspecified atom stereocenters. The van der Waals surface area contributed by atoms with Crippen molar-refractivity contribution in [1.29, 1.82) is 0 Å². The lowest BCUT2D eigenvalue weighted by Gasteiger charge is -2.35. The van der Waals surface area contributed by atoms with Crippen LogP contribution in [0.3, 0.4) is 0 Å². The Hall–Kier alpha value is -0.440. The van der Waals surface area contributed by atoms with Gasteiger partial charge in [0, 0.05) is 23.7 Å². The summed E-state index contributed by atoms with van der Waals surface area (Å²) in [6.07, 6.45) is 57.2. The smallest absolute Gasteiger partial charge is 0.162 e. The fraction of sp³-hybridized carbons (Fsp3) is 0.938. The molecule has 0 aromatic rings. The van der Waals surface area contributed by atoms with Gasteiger partial charge in [0.1, 0.15) is 31.8 Å². The standard InChI is InChI=1S/C65H124O4S4/c1-9-13-17-21-25-29-33-37-41-45-49-57(5)61(70)66-53-65(54-67-62(71)58(6)50-46-42-38-34-30-26-22-18-14-10-2,55-68-63(72)59(7)51-47-43-39-35-31-27-23-19-15-11-3)56-69-64(73)60(8)52-48-44-40-36-32-28-24-20-16-12-4/h57-60H,9-56H2,1-8H3. The highest BCUT2D eigenvalue weighted by atomic mass is 32.1. The third kappa shape index (κ3) is 45.2. The normalized spacial score (nSPS) is 14.0. The molecule has 0 spiro atoms. The molecule has 8 heteroatoms. The zero-order chi connectivity index (χ0) is 53.9. The summed E-state index contributed by atoms with van der Waals surface area (Å²) in [6.45, 7) is 19.3. The molecule has 0 fully saturated rings. The minimum Gasteiger partial charge on any atom is -0.486 e. The molecule has 0 heterocycles. The van der Waals surface area contributed by atoms with Gasteiger partial charge in [-0.2, -0.15) is 0 Å². The van der Waals surface area contributed by atoms with Crippen LogP contribution in [0.1, 0.15) is 338 Å². The van der Waals surface area contributed by atoms with Crippen LogP contribution in [0.15, 0.2) is 0 Å². The first kappa shape index (κ1) is 72.6. The maximum absolute atomic E-state index is 6.67. The van der Waals surface area contributed by atoms with Crippen LogP contribution in [0.25, 0.3) is 0 Å². The monoisotopic (exact) mass is 1100 g/mol. The van der Waals surface area contributed by atoms with Gasteiger partial charge in [-0.3, -0.25) is 0 Å². The molecule has 0 N–H and O–H groups in total. The predicted octanol–water partition coefficient (Wildman–Crippen LogP) is 23.1. The number of ether oxygens (including phenoxy) is 4. The van der Waals surface area contributed by atoms with Gasteiger partial charge < -0.3 is 18.9 Å². The Labute approximate surface area is 478 Å². The molecule has 0 aliphatic heterocycles. The first-order valence-corrected chi connectivity index (χ1v) is 33.8. The third-order valence-electron chi connectivity index (χ3n) is 15.7. The quantitative estimate of drug-likeness (QED) is 0.0441. The average molecular weight is 1100 g/mol. The average Bonchev–Trinajstić information content (AvgIpc) is 3.39. The van der Waals surface area contributed by atoms with Crippen LogP contribution < -0.4 is 0 Å². The lowest BCUT2D eigenvalue weighted by Crippen LogP contribution is -2.44. The second kappa shape index (κ2) is 53.6. The topological polar surface area (TPSA) is 36.9 Å². The van der Waals surface area contributed by atoms with E-state index in [0.717, 1.165) is 25.7 Å². The van der Waals surface area contributed by atoms with Crippen LogP contribution in [-0.4, -0.2) is 46.6 Å². The van der Waals surface area contributed by atoms with Crippen LogP contribution in [0, 0.1) is 29.1 Å². The molecular weight excluding hydrogens is 973 g/mol. The molecule has 0 saturated heterocycles. The fourth-order valence-electron chi connectivity index (χ4n) is 9.94. The van der Waals surface area contributed by atoms with E-state index in [-0.39, 0.29) is 23.7 Å². The highest BCUT2D eigenvalue weighted by Crippen LogP contribution is 2.28. The zero-order valence-electron chi connectivity index (χ0n) is 50.0. The summed E-state index contributed by atoms with van der Waals surface area (Å²) in [4.78, 5) is 0. The summed E-state index contributed by atoms with van der Waals surface area (Å²) < 4.78 is 26.7. The molecule has 0 saturated carbocycles. The molecule has 0 rings (SSSR count). The lowest BCUT2D eigenvalue weighted by molar-refractivity contribution is -0.0195. The zero-order valence-corrected chi connectivity index (χ0v) is 53.3. The fourth-order valence-corrected chi connectivity index (χ4v) is 10.6. The van der Waals surface area contributed by atoms with E-state index in [1.165, 1.54) is 257 Å². The predicted molar refractivity (Wildman–Crippen MR) is 339 cm³/mol. The highest BCUT2D eigenvalue weighted by Gasteiger charge is 2.38. The third-order valence-corrected chi connectivity index (χ3v) is 17.7. The SMILES string of the molecule is CCCCCCCCCCCCC(C)C(=S)OCC(COC(=S)C(C)CCCCCCCCCCCC)(COC(=S)C(C)CCCCCCCCCCCC)COC(=S)C(C)CCCCCCCCCCCC. The van der Waals surface area contributed by atoms with Gasteiger partial charge >= 0.3 is 0 Å². The molecule has 0 aromatic carbocycles. The Morgan fingerprint density at radius 1 is 0.247 bits per heavy atom. The summed E-state index contributed by atoms with van der Waals surface area (Å²) in [7, 11) is 0. The van der Waals surface area contributed by atoms with E-state index >= 15 is 0 Å². The van der Waals surface area contributed by atoms with Crippen molar-refractivity contribution in [2.45, 2.75) is 338 Å². The van der Waals surface area contributed by atoms with Crippen LogP contribution in [0.2, 0.25) is 0 Å². The minimum absolute atomic E-state index is 0.177. The van der Waals surface area contributed by atoms with E-state index < -0.39 is 5.41 Å². The number of hydrogen-bond donors (Lipinski definition) is 0. The van der Waals surface area contributed by atoms with Crippen molar-refractivity contribution in [2.75, 3.05) is 26.4 Å². The Kier molecular flexibility index (Phi) is 53.2. The molecule has 0 aliphatic carbocycles. The van der Waals surface area contributed by atoms with Gasteiger partial charge in [0.05, 0.1) is 0 Å².